The van der Waals surface area contributed by atoms with Crippen LogP contribution in [0.5, 0.6) is 0 Å². The lowest BCUT2D eigenvalue weighted by Gasteiger charge is -2.30. The van der Waals surface area contributed by atoms with Gasteiger partial charge in [0.15, 0.2) is 0 Å². The molecule has 3 amide bonds. The highest BCUT2D eigenvalue weighted by Crippen LogP contribution is 2.26. The Morgan fingerprint density at radius 3 is 2.12 bits per heavy atom. The zero-order chi connectivity index (χ0) is 29.3. The summed E-state index contributed by atoms with van der Waals surface area (Å²) in [5.41, 5.74) is 3.14. The number of amides is 3. The quantitative estimate of drug-likeness (QED) is 0.266. The van der Waals surface area contributed by atoms with Gasteiger partial charge in [-0.25, -0.2) is 4.79 Å². The highest BCUT2D eigenvalue weighted by Gasteiger charge is 2.36. The molecule has 0 heterocycles. The molecule has 0 aromatic heterocycles. The van der Waals surface area contributed by atoms with E-state index in [0.717, 1.165) is 28.0 Å². The van der Waals surface area contributed by atoms with Crippen molar-refractivity contribution in [2.24, 2.45) is 0 Å². The molecule has 2 atom stereocenters. The molecule has 2 N–H and O–H groups in total. The van der Waals surface area contributed by atoms with Crippen LogP contribution >= 0.6 is 0 Å². The number of rotatable bonds is 9. The van der Waals surface area contributed by atoms with E-state index in [1.165, 1.54) is 0 Å². The number of nitrogens with one attached hydrogen (secondary N) is 2. The summed E-state index contributed by atoms with van der Waals surface area (Å²) in [7, 11) is 0. The molecular formula is C33H37N3O4. The minimum absolute atomic E-state index is 0.151. The number of hydrogen-bond acceptors (Lipinski definition) is 4. The van der Waals surface area contributed by atoms with E-state index in [0.29, 0.717) is 11.3 Å². The van der Waals surface area contributed by atoms with Gasteiger partial charge in [-0.1, -0.05) is 86.1 Å². The molecule has 0 aliphatic carbocycles. The van der Waals surface area contributed by atoms with Gasteiger partial charge in [-0.15, -0.1) is 0 Å². The second-order valence-corrected chi connectivity index (χ2v) is 10.5. The standard InChI is InChI=1S/C33H37N3O4/c1-7-24-18-20-26(21-19-24)29(30(37)34-27-17-13-12-14-23(27)3)36(8-2)31(38)28(22-25-15-10-9-11-16-25)35-32(39)40-33(4,5)6/h2,9-21,28-29H,7,22H2,1,3-6H3,(H,34,37)(H,35,39). The number of anilines is 1. The van der Waals surface area contributed by atoms with Crippen molar-refractivity contribution in [3.63, 3.8) is 0 Å². The molecular weight excluding hydrogens is 502 g/mol. The lowest BCUT2D eigenvalue weighted by Crippen LogP contribution is -2.51. The van der Waals surface area contributed by atoms with Crippen molar-refractivity contribution in [2.75, 3.05) is 5.32 Å². The Morgan fingerprint density at radius 1 is 0.925 bits per heavy atom. The molecule has 0 aliphatic heterocycles. The minimum atomic E-state index is -1.15. The van der Waals surface area contributed by atoms with Gasteiger partial charge in [0.25, 0.3) is 11.8 Å². The van der Waals surface area contributed by atoms with Crippen molar-refractivity contribution in [1.82, 2.24) is 10.2 Å². The number of ether oxygens (including phenoxy) is 1. The predicted octanol–water partition coefficient (Wildman–Crippen LogP) is 5.79. The van der Waals surface area contributed by atoms with E-state index in [1.807, 2.05) is 74.5 Å². The molecule has 40 heavy (non-hydrogen) atoms. The molecule has 3 aromatic carbocycles. The third-order valence-corrected chi connectivity index (χ3v) is 6.26. The molecule has 7 heteroatoms. The summed E-state index contributed by atoms with van der Waals surface area (Å²) < 4.78 is 5.43. The first-order chi connectivity index (χ1) is 19.0. The van der Waals surface area contributed by atoms with Crippen molar-refractivity contribution < 1.29 is 19.1 Å². The van der Waals surface area contributed by atoms with Gasteiger partial charge in [-0.2, -0.15) is 0 Å². The van der Waals surface area contributed by atoms with Gasteiger partial charge in [-0.05, 0) is 62.4 Å². The highest BCUT2D eigenvalue weighted by atomic mass is 16.6. The van der Waals surface area contributed by atoms with Gasteiger partial charge < -0.3 is 15.4 Å². The summed E-state index contributed by atoms with van der Waals surface area (Å²) in [6.45, 7) is 9.12. The number of carbonyl (C=O) groups excluding carboxylic acids is 3. The number of benzene rings is 3. The number of hydrogen-bond donors (Lipinski definition) is 2. The van der Waals surface area contributed by atoms with Crippen LogP contribution in [0.2, 0.25) is 0 Å². The Bertz CT molecular complexity index is 1350. The van der Waals surface area contributed by atoms with Crippen molar-refractivity contribution >= 4 is 23.6 Å². The van der Waals surface area contributed by atoms with Crippen LogP contribution in [-0.2, 0) is 27.2 Å². The molecule has 0 aliphatic rings. The molecule has 0 spiro atoms. The third kappa shape index (κ3) is 8.21. The molecule has 0 saturated carbocycles. The molecule has 2 unspecified atom stereocenters. The van der Waals surface area contributed by atoms with Crippen LogP contribution in [0.15, 0.2) is 78.9 Å². The van der Waals surface area contributed by atoms with Crippen molar-refractivity contribution in [3.05, 3.63) is 101 Å². The summed E-state index contributed by atoms with van der Waals surface area (Å²) in [5.74, 6) is -1.08. The fraction of sp³-hybridized carbons (Fsp3) is 0.303. The molecule has 3 aromatic rings. The van der Waals surface area contributed by atoms with Crippen LogP contribution < -0.4 is 10.6 Å². The lowest BCUT2D eigenvalue weighted by molar-refractivity contribution is -0.136. The van der Waals surface area contributed by atoms with E-state index in [4.69, 9.17) is 11.2 Å². The number of alkyl carbamates (subject to hydrolysis) is 1. The summed E-state index contributed by atoms with van der Waals surface area (Å²) >= 11 is 0. The molecule has 0 radical (unpaired) electrons. The van der Waals surface area contributed by atoms with Crippen molar-refractivity contribution in [2.45, 2.75) is 65.1 Å². The summed E-state index contributed by atoms with van der Waals surface area (Å²) in [6, 6.07) is 24.2. The van der Waals surface area contributed by atoms with Gasteiger partial charge in [-0.3, -0.25) is 14.5 Å². The Balaban J connectivity index is 2.01. The van der Waals surface area contributed by atoms with Gasteiger partial charge in [0.2, 0.25) is 0 Å². The maximum absolute atomic E-state index is 14.1. The minimum Gasteiger partial charge on any atom is -0.444 e. The first-order valence-electron chi connectivity index (χ1n) is 13.3. The Morgan fingerprint density at radius 2 is 1.55 bits per heavy atom. The molecule has 3 rings (SSSR count). The van der Waals surface area contributed by atoms with Crippen LogP contribution in [0.25, 0.3) is 0 Å². The smallest absolute Gasteiger partial charge is 0.408 e. The second kappa shape index (κ2) is 13.5. The monoisotopic (exact) mass is 539 g/mol. The van der Waals surface area contributed by atoms with E-state index in [-0.39, 0.29) is 6.42 Å². The average molecular weight is 540 g/mol. The van der Waals surface area contributed by atoms with Crippen LogP contribution in [0.4, 0.5) is 10.5 Å². The molecule has 0 saturated heterocycles. The van der Waals surface area contributed by atoms with E-state index in [2.05, 4.69) is 16.7 Å². The number of terminal acetylenes is 1. The fourth-order valence-electron chi connectivity index (χ4n) is 4.20. The molecule has 208 valence electrons. The largest absolute Gasteiger partial charge is 0.444 e. The number of para-hydroxylation sites is 1. The van der Waals surface area contributed by atoms with Crippen LogP contribution in [0, 0.1) is 19.4 Å². The van der Waals surface area contributed by atoms with E-state index in [9.17, 15) is 14.4 Å². The van der Waals surface area contributed by atoms with Gasteiger partial charge in [0.1, 0.15) is 17.7 Å². The number of carbonyl (C=O) groups is 3. The van der Waals surface area contributed by atoms with Gasteiger partial charge in [0, 0.05) is 18.2 Å². The first kappa shape index (κ1) is 30.0. The van der Waals surface area contributed by atoms with Crippen LogP contribution in [0.1, 0.15) is 56.0 Å². The SMILES string of the molecule is C#CN(C(=O)C(Cc1ccccc1)NC(=O)OC(C)(C)C)C(C(=O)Nc1ccccc1C)c1ccc(CC)cc1. The predicted molar refractivity (Wildman–Crippen MR) is 157 cm³/mol. The highest BCUT2D eigenvalue weighted by molar-refractivity contribution is 6.00. The summed E-state index contributed by atoms with van der Waals surface area (Å²) in [6.07, 6.45) is 6.13. The summed E-state index contributed by atoms with van der Waals surface area (Å²) in [4.78, 5) is 41.7. The zero-order valence-corrected chi connectivity index (χ0v) is 23.7. The summed E-state index contributed by atoms with van der Waals surface area (Å²) in [5, 5.41) is 5.61. The number of aryl methyl sites for hydroxylation is 2. The van der Waals surface area contributed by atoms with E-state index >= 15 is 0 Å². The Labute approximate surface area is 236 Å². The average Bonchev–Trinajstić information content (AvgIpc) is 2.92. The zero-order valence-electron chi connectivity index (χ0n) is 23.7. The van der Waals surface area contributed by atoms with Gasteiger partial charge in [0.05, 0.1) is 0 Å². The first-order valence-corrected chi connectivity index (χ1v) is 13.3. The lowest BCUT2D eigenvalue weighted by atomic mass is 9.99. The molecule has 0 fully saturated rings. The van der Waals surface area contributed by atoms with Gasteiger partial charge >= 0.3 is 6.09 Å². The number of nitrogens with zero attached hydrogens (tertiary/aromatic N) is 1. The molecule has 7 nitrogen and oxygen atoms in total. The van der Waals surface area contributed by atoms with Crippen LogP contribution in [-0.4, -0.2) is 34.5 Å². The van der Waals surface area contributed by atoms with Crippen LogP contribution in [0.3, 0.4) is 0 Å². The van der Waals surface area contributed by atoms with E-state index in [1.54, 1.807) is 39.0 Å². The Hall–Kier alpha value is -4.57. The van der Waals surface area contributed by atoms with Crippen molar-refractivity contribution in [3.8, 4) is 12.5 Å². The second-order valence-electron chi connectivity index (χ2n) is 10.5. The topological polar surface area (TPSA) is 87.7 Å². The fourth-order valence-corrected chi connectivity index (χ4v) is 4.20. The van der Waals surface area contributed by atoms with E-state index < -0.39 is 35.6 Å². The third-order valence-electron chi connectivity index (χ3n) is 6.26. The van der Waals surface area contributed by atoms with Crippen molar-refractivity contribution in [1.29, 1.82) is 0 Å². The maximum atomic E-state index is 14.1. The Kier molecular flexibility index (Phi) is 10.1. The molecule has 0 bridgehead atoms. The normalized spacial score (nSPS) is 12.4. The maximum Gasteiger partial charge on any atom is 0.408 e.